The first-order valence-corrected chi connectivity index (χ1v) is 10.5. The van der Waals surface area contributed by atoms with Crippen molar-refractivity contribution >= 4 is 34.4 Å². The molecule has 0 bridgehead atoms. The third kappa shape index (κ3) is 3.36. The zero-order chi connectivity index (χ0) is 21.6. The Labute approximate surface area is 183 Å². The quantitative estimate of drug-likeness (QED) is 0.502. The van der Waals surface area contributed by atoms with E-state index in [1.165, 1.54) is 12.4 Å². The molecule has 4 aromatic rings. The monoisotopic (exact) mass is 433 g/mol. The first-order chi connectivity index (χ1) is 15.0. The normalized spacial score (nSPS) is 15.4. The number of hydrogen-bond donors (Lipinski definition) is 2. The highest BCUT2D eigenvalue weighted by Crippen LogP contribution is 2.41. The van der Waals surface area contributed by atoms with Crippen LogP contribution in [-0.2, 0) is 5.60 Å². The maximum absolute atomic E-state index is 13.2. The van der Waals surface area contributed by atoms with Gasteiger partial charge in [-0.15, -0.1) is 0 Å². The van der Waals surface area contributed by atoms with E-state index in [-0.39, 0.29) is 11.9 Å². The number of nitrogens with two attached hydrogens (primary N) is 1. The van der Waals surface area contributed by atoms with E-state index in [0.29, 0.717) is 40.2 Å². The molecule has 1 aliphatic carbocycles. The van der Waals surface area contributed by atoms with Crippen LogP contribution in [0.15, 0.2) is 55.1 Å². The van der Waals surface area contributed by atoms with Crippen molar-refractivity contribution in [2.24, 2.45) is 0 Å². The smallest absolute Gasteiger partial charge is 0.263 e. The third-order valence-electron chi connectivity index (χ3n) is 5.92. The summed E-state index contributed by atoms with van der Waals surface area (Å²) in [5, 5.41) is 12.2. The zero-order valence-electron chi connectivity index (χ0n) is 16.6. The van der Waals surface area contributed by atoms with Crippen molar-refractivity contribution in [1.82, 2.24) is 19.5 Å². The number of carbonyl (C=O) groups is 1. The summed E-state index contributed by atoms with van der Waals surface area (Å²) in [5.74, 6) is -0.140. The number of pyridine rings is 1. The second kappa shape index (κ2) is 7.44. The lowest BCUT2D eigenvalue weighted by Gasteiger charge is -2.23. The molecule has 1 saturated carbocycles. The highest BCUT2D eigenvalue weighted by Gasteiger charge is 2.33. The number of nitrogen functional groups attached to an aromatic ring is 1. The van der Waals surface area contributed by atoms with Crippen molar-refractivity contribution < 1.29 is 9.90 Å². The number of rotatable bonds is 3. The van der Waals surface area contributed by atoms with Crippen molar-refractivity contribution in [1.29, 1.82) is 0 Å². The van der Waals surface area contributed by atoms with Gasteiger partial charge in [0.2, 0.25) is 5.95 Å². The van der Waals surface area contributed by atoms with Crippen LogP contribution in [0.5, 0.6) is 0 Å². The molecule has 3 heterocycles. The van der Waals surface area contributed by atoms with Gasteiger partial charge >= 0.3 is 0 Å². The molecule has 0 atom stereocenters. The number of aliphatic hydroxyl groups is 1. The zero-order valence-corrected chi connectivity index (χ0v) is 17.4. The van der Waals surface area contributed by atoms with Crippen LogP contribution in [-0.4, -0.2) is 30.5 Å². The molecule has 156 valence electrons. The predicted octanol–water partition coefficient (Wildman–Crippen LogP) is 4.18. The number of hydrogen-bond acceptors (Lipinski definition) is 6. The molecule has 31 heavy (non-hydrogen) atoms. The molecule has 0 unspecified atom stereocenters. The summed E-state index contributed by atoms with van der Waals surface area (Å²) < 4.78 is 1.55. The molecular formula is C23H20ClN5O2. The number of benzene rings is 1. The van der Waals surface area contributed by atoms with Crippen molar-refractivity contribution in [2.45, 2.75) is 31.3 Å². The van der Waals surface area contributed by atoms with E-state index in [9.17, 15) is 9.90 Å². The van der Waals surface area contributed by atoms with E-state index >= 15 is 0 Å². The molecule has 1 fully saturated rings. The van der Waals surface area contributed by atoms with Crippen molar-refractivity contribution in [2.75, 3.05) is 5.73 Å². The fourth-order valence-corrected chi connectivity index (χ4v) is 4.52. The molecule has 0 amide bonds. The number of nitrogens with zero attached hydrogens (tertiary/aromatic N) is 4. The van der Waals surface area contributed by atoms with E-state index in [4.69, 9.17) is 17.3 Å². The van der Waals surface area contributed by atoms with Gasteiger partial charge in [0, 0.05) is 29.5 Å². The van der Waals surface area contributed by atoms with Crippen molar-refractivity contribution in [3.63, 3.8) is 0 Å². The van der Waals surface area contributed by atoms with Gasteiger partial charge in [0.25, 0.3) is 5.91 Å². The average molecular weight is 434 g/mol. The second-order valence-corrected chi connectivity index (χ2v) is 8.26. The van der Waals surface area contributed by atoms with Crippen molar-refractivity contribution in [3.05, 3.63) is 71.3 Å². The molecule has 8 heteroatoms. The predicted molar refractivity (Wildman–Crippen MR) is 119 cm³/mol. The van der Waals surface area contributed by atoms with E-state index in [1.807, 2.05) is 18.2 Å². The van der Waals surface area contributed by atoms with Gasteiger partial charge in [-0.2, -0.15) is 0 Å². The van der Waals surface area contributed by atoms with Crippen LogP contribution in [0.1, 0.15) is 41.6 Å². The Hall–Kier alpha value is -3.29. The summed E-state index contributed by atoms with van der Waals surface area (Å²) >= 11 is 6.40. The largest absolute Gasteiger partial charge is 0.385 e. The Morgan fingerprint density at radius 3 is 2.74 bits per heavy atom. The molecule has 3 aromatic heterocycles. The minimum absolute atomic E-state index is 0.0875. The molecule has 0 saturated heterocycles. The highest BCUT2D eigenvalue weighted by molar-refractivity contribution is 6.33. The van der Waals surface area contributed by atoms with Gasteiger partial charge in [-0.05, 0) is 42.7 Å². The fraction of sp³-hybridized carbons (Fsp3) is 0.217. The Balaban J connectivity index is 1.75. The maximum atomic E-state index is 13.2. The van der Waals surface area contributed by atoms with Crippen LogP contribution in [0.2, 0.25) is 5.02 Å². The Kier molecular flexibility index (Phi) is 4.72. The molecule has 3 N–H and O–H groups in total. The van der Waals surface area contributed by atoms with Gasteiger partial charge in [0.15, 0.2) is 0 Å². The van der Waals surface area contributed by atoms with Gasteiger partial charge in [-0.1, -0.05) is 30.5 Å². The fourth-order valence-electron chi connectivity index (χ4n) is 4.32. The van der Waals surface area contributed by atoms with E-state index in [2.05, 4.69) is 15.0 Å². The Bertz CT molecular complexity index is 1300. The molecule has 7 nitrogen and oxygen atoms in total. The molecule has 0 radical (unpaired) electrons. The third-order valence-corrected chi connectivity index (χ3v) is 6.19. The van der Waals surface area contributed by atoms with E-state index in [1.54, 1.807) is 29.1 Å². The summed E-state index contributed by atoms with van der Waals surface area (Å²) in [6, 6.07) is 9.11. The molecule has 0 aliphatic heterocycles. The summed E-state index contributed by atoms with van der Waals surface area (Å²) in [7, 11) is 0. The Morgan fingerprint density at radius 1 is 1.19 bits per heavy atom. The van der Waals surface area contributed by atoms with Gasteiger partial charge in [0.05, 0.1) is 33.6 Å². The maximum Gasteiger partial charge on any atom is 0.263 e. The minimum Gasteiger partial charge on any atom is -0.385 e. The van der Waals surface area contributed by atoms with E-state index < -0.39 is 5.60 Å². The van der Waals surface area contributed by atoms with Gasteiger partial charge < -0.3 is 10.8 Å². The lowest BCUT2D eigenvalue weighted by molar-refractivity contribution is 0.0446. The number of halogens is 1. The number of carbonyl (C=O) groups excluding carboxylic acids is 1. The van der Waals surface area contributed by atoms with Gasteiger partial charge in [-0.3, -0.25) is 14.3 Å². The summed E-state index contributed by atoms with van der Waals surface area (Å²) in [6.45, 7) is 0. The van der Waals surface area contributed by atoms with Gasteiger partial charge in [0.1, 0.15) is 0 Å². The van der Waals surface area contributed by atoms with Crippen LogP contribution in [0.3, 0.4) is 0 Å². The van der Waals surface area contributed by atoms with Crippen molar-refractivity contribution in [3.8, 4) is 11.3 Å². The molecule has 0 spiro atoms. The average Bonchev–Trinajstić information content (AvgIpc) is 3.40. The number of fused-ring (bicyclic) bond motifs is 1. The lowest BCUT2D eigenvalue weighted by atomic mass is 9.91. The van der Waals surface area contributed by atoms with Crippen LogP contribution in [0.4, 0.5) is 5.95 Å². The summed E-state index contributed by atoms with van der Waals surface area (Å²) in [6.07, 6.45) is 9.68. The minimum atomic E-state index is -0.866. The van der Waals surface area contributed by atoms with Crippen LogP contribution in [0.25, 0.3) is 22.2 Å². The molecule has 1 aliphatic rings. The standard InChI is InChI=1S/C23H20ClN5O2/c24-18-12-27-22(25)28-20(18)17-13-29(21(30)14-4-3-9-26-11-14)19-6-5-15(10-16(17)19)23(31)7-1-2-8-23/h3-6,9-13,31H,1-2,7-8H2,(H2,25,27,28). The number of aromatic nitrogens is 4. The lowest BCUT2D eigenvalue weighted by Crippen LogP contribution is -2.20. The van der Waals surface area contributed by atoms with Crippen LogP contribution >= 0.6 is 11.6 Å². The van der Waals surface area contributed by atoms with Crippen LogP contribution < -0.4 is 5.73 Å². The van der Waals surface area contributed by atoms with Crippen LogP contribution in [0, 0.1) is 0 Å². The van der Waals surface area contributed by atoms with E-state index in [0.717, 1.165) is 23.8 Å². The Morgan fingerprint density at radius 2 is 2.00 bits per heavy atom. The SMILES string of the molecule is Nc1ncc(Cl)c(-c2cn(C(=O)c3cccnc3)c3ccc(C4(O)CCCC4)cc23)n1. The van der Waals surface area contributed by atoms with Gasteiger partial charge in [-0.25, -0.2) is 9.97 Å². The molecule has 5 rings (SSSR count). The topological polar surface area (TPSA) is 107 Å². The highest BCUT2D eigenvalue weighted by atomic mass is 35.5. The summed E-state index contributed by atoms with van der Waals surface area (Å²) in [5.41, 5.74) is 8.00. The second-order valence-electron chi connectivity index (χ2n) is 7.85. The summed E-state index contributed by atoms with van der Waals surface area (Å²) in [4.78, 5) is 25.6. The first kappa shape index (κ1) is 19.7. The molecule has 1 aromatic carbocycles. The molecular weight excluding hydrogens is 414 g/mol. The first-order valence-electron chi connectivity index (χ1n) is 10.1. The number of anilines is 1.